The lowest BCUT2D eigenvalue weighted by Gasteiger charge is -2.16. The molecule has 0 radical (unpaired) electrons. The predicted molar refractivity (Wildman–Crippen MR) is 105 cm³/mol. The molecule has 0 atom stereocenters. The third-order valence-electron chi connectivity index (χ3n) is 5.71. The topological polar surface area (TPSA) is 70.9 Å². The predicted octanol–water partition coefficient (Wildman–Crippen LogP) is 3.82. The summed E-state index contributed by atoms with van der Waals surface area (Å²) in [6.45, 7) is 1.13. The van der Waals surface area contributed by atoms with E-state index in [1.54, 1.807) is 6.20 Å². The molecule has 2 N–H and O–H groups in total. The van der Waals surface area contributed by atoms with Crippen LogP contribution in [-0.2, 0) is 12.8 Å². The van der Waals surface area contributed by atoms with Gasteiger partial charge in [0.25, 0.3) is 0 Å². The molecule has 5 rings (SSSR count). The van der Waals surface area contributed by atoms with Crippen LogP contribution in [0.25, 0.3) is 21.6 Å². The minimum Gasteiger partial charge on any atom is -0.396 e. The summed E-state index contributed by atoms with van der Waals surface area (Å²) in [5, 5.41) is 14.2. The van der Waals surface area contributed by atoms with Gasteiger partial charge in [-0.2, -0.15) is 0 Å². The summed E-state index contributed by atoms with van der Waals surface area (Å²) in [5.74, 6) is 1.69. The van der Waals surface area contributed by atoms with Gasteiger partial charge in [-0.1, -0.05) is 0 Å². The molecule has 0 amide bonds. The van der Waals surface area contributed by atoms with Crippen LogP contribution in [0.5, 0.6) is 0 Å². The number of hydrogen-bond donors (Lipinski definition) is 2. The van der Waals surface area contributed by atoms with Crippen molar-refractivity contribution in [2.45, 2.75) is 38.5 Å². The molecule has 2 aliphatic rings. The van der Waals surface area contributed by atoms with Crippen molar-refractivity contribution in [1.82, 2.24) is 15.0 Å². The highest BCUT2D eigenvalue weighted by atomic mass is 32.1. The van der Waals surface area contributed by atoms with Gasteiger partial charge in [0.15, 0.2) is 5.82 Å². The molecule has 0 bridgehead atoms. The van der Waals surface area contributed by atoms with Crippen molar-refractivity contribution >= 4 is 27.4 Å². The molecular weight excluding hydrogens is 344 g/mol. The number of aryl methyl sites for hydroxylation is 2. The molecule has 0 saturated heterocycles. The summed E-state index contributed by atoms with van der Waals surface area (Å²) in [7, 11) is 0. The molecule has 2 aliphatic carbocycles. The van der Waals surface area contributed by atoms with Crippen LogP contribution in [0.15, 0.2) is 24.5 Å². The molecular formula is C20H22N4OS. The highest BCUT2D eigenvalue weighted by molar-refractivity contribution is 7.19. The van der Waals surface area contributed by atoms with Gasteiger partial charge >= 0.3 is 0 Å². The number of hydrogen-bond acceptors (Lipinski definition) is 6. The van der Waals surface area contributed by atoms with Gasteiger partial charge in [0.2, 0.25) is 0 Å². The molecule has 0 spiro atoms. The van der Waals surface area contributed by atoms with E-state index in [-0.39, 0.29) is 12.0 Å². The minimum atomic E-state index is 0.250. The van der Waals surface area contributed by atoms with Crippen LogP contribution in [0.1, 0.15) is 36.1 Å². The smallest absolute Gasteiger partial charge is 0.164 e. The zero-order valence-electron chi connectivity index (χ0n) is 14.7. The maximum atomic E-state index is 9.34. The first-order valence-corrected chi connectivity index (χ1v) is 10.2. The molecule has 3 aromatic rings. The summed E-state index contributed by atoms with van der Waals surface area (Å²) in [5.41, 5.74) is 2.64. The van der Waals surface area contributed by atoms with Crippen molar-refractivity contribution in [3.8, 4) is 11.4 Å². The summed E-state index contributed by atoms with van der Waals surface area (Å²) in [6, 6.07) is 3.93. The van der Waals surface area contributed by atoms with Gasteiger partial charge in [-0.05, 0) is 61.6 Å². The average Bonchev–Trinajstić information content (AvgIpc) is 3.12. The third-order valence-corrected chi connectivity index (χ3v) is 6.90. The fourth-order valence-corrected chi connectivity index (χ4v) is 5.21. The Kier molecular flexibility index (Phi) is 3.90. The molecule has 0 unspecified atom stereocenters. The lowest BCUT2D eigenvalue weighted by molar-refractivity contribution is 0.253. The van der Waals surface area contributed by atoms with E-state index < -0.39 is 0 Å². The second-order valence-electron chi connectivity index (χ2n) is 7.50. The summed E-state index contributed by atoms with van der Waals surface area (Å²) < 4.78 is 0. The van der Waals surface area contributed by atoms with E-state index in [4.69, 9.17) is 9.97 Å². The number of anilines is 1. The number of aromatic nitrogens is 3. The van der Waals surface area contributed by atoms with Crippen LogP contribution in [0, 0.1) is 5.41 Å². The molecule has 3 aromatic heterocycles. The van der Waals surface area contributed by atoms with Crippen LogP contribution in [0.3, 0.4) is 0 Å². The molecule has 26 heavy (non-hydrogen) atoms. The SMILES string of the molecule is OCCC1(CNc2nc(-c3cccnc3)nc3sc4c(c23)CCC4)CC1. The van der Waals surface area contributed by atoms with Crippen LogP contribution in [-0.4, -0.2) is 33.2 Å². The summed E-state index contributed by atoms with van der Waals surface area (Å²) in [4.78, 5) is 16.5. The normalized spacial score (nSPS) is 17.4. The van der Waals surface area contributed by atoms with E-state index in [1.165, 1.54) is 35.1 Å². The molecule has 134 valence electrons. The molecule has 1 saturated carbocycles. The third kappa shape index (κ3) is 2.77. The van der Waals surface area contributed by atoms with Gasteiger partial charge in [0.1, 0.15) is 10.6 Å². The highest BCUT2D eigenvalue weighted by Gasteiger charge is 2.41. The Morgan fingerprint density at radius 1 is 1.23 bits per heavy atom. The van der Waals surface area contributed by atoms with E-state index >= 15 is 0 Å². The van der Waals surface area contributed by atoms with Gasteiger partial charge in [0, 0.05) is 36.0 Å². The Labute approximate surface area is 156 Å². The van der Waals surface area contributed by atoms with Crippen LogP contribution >= 0.6 is 11.3 Å². The number of fused-ring (bicyclic) bond motifs is 3. The second kappa shape index (κ2) is 6.28. The fourth-order valence-electron chi connectivity index (χ4n) is 3.95. The zero-order chi connectivity index (χ0) is 17.6. The Bertz CT molecular complexity index is 949. The van der Waals surface area contributed by atoms with E-state index in [1.807, 2.05) is 29.7 Å². The summed E-state index contributed by atoms with van der Waals surface area (Å²) >= 11 is 1.82. The first kappa shape index (κ1) is 16.1. The number of rotatable bonds is 6. The van der Waals surface area contributed by atoms with E-state index in [9.17, 15) is 5.11 Å². The molecule has 0 aromatic carbocycles. The van der Waals surface area contributed by atoms with E-state index in [0.29, 0.717) is 0 Å². The van der Waals surface area contributed by atoms with Crippen molar-refractivity contribution in [2.75, 3.05) is 18.5 Å². The van der Waals surface area contributed by atoms with Crippen LogP contribution in [0.4, 0.5) is 5.82 Å². The standard InChI is InChI=1S/C20H22N4OS/c25-10-8-20(6-7-20)12-22-18-16-14-4-1-5-15(14)26-19(16)24-17(23-18)13-3-2-9-21-11-13/h2-3,9,11,25H,1,4-8,10,12H2,(H,22,23,24). The number of aliphatic hydroxyl groups excluding tert-OH is 1. The highest BCUT2D eigenvalue weighted by Crippen LogP contribution is 2.49. The van der Waals surface area contributed by atoms with Crippen LogP contribution in [0.2, 0.25) is 0 Å². The van der Waals surface area contributed by atoms with Gasteiger partial charge in [-0.3, -0.25) is 4.98 Å². The lowest BCUT2D eigenvalue weighted by atomic mass is 10.0. The van der Waals surface area contributed by atoms with Gasteiger partial charge in [0.05, 0.1) is 5.39 Å². The zero-order valence-corrected chi connectivity index (χ0v) is 15.5. The first-order chi connectivity index (χ1) is 12.8. The van der Waals surface area contributed by atoms with Gasteiger partial charge in [-0.15, -0.1) is 11.3 Å². The molecule has 5 nitrogen and oxygen atoms in total. The first-order valence-electron chi connectivity index (χ1n) is 9.35. The second-order valence-corrected chi connectivity index (χ2v) is 8.59. The molecule has 3 heterocycles. The van der Waals surface area contributed by atoms with Crippen molar-refractivity contribution in [2.24, 2.45) is 5.41 Å². The summed E-state index contributed by atoms with van der Waals surface area (Å²) in [6.07, 6.45) is 10.3. The average molecular weight is 366 g/mol. The number of nitrogens with zero attached hydrogens (tertiary/aromatic N) is 3. The van der Waals surface area contributed by atoms with Crippen molar-refractivity contribution in [1.29, 1.82) is 0 Å². The maximum Gasteiger partial charge on any atom is 0.164 e. The fraction of sp³-hybridized carbons (Fsp3) is 0.450. The van der Waals surface area contributed by atoms with Crippen molar-refractivity contribution in [3.05, 3.63) is 35.0 Å². The largest absolute Gasteiger partial charge is 0.396 e. The molecule has 1 fully saturated rings. The maximum absolute atomic E-state index is 9.34. The van der Waals surface area contributed by atoms with Crippen molar-refractivity contribution in [3.63, 3.8) is 0 Å². The van der Waals surface area contributed by atoms with E-state index in [2.05, 4.69) is 10.3 Å². The number of nitrogens with one attached hydrogen (secondary N) is 1. The molecule has 0 aliphatic heterocycles. The van der Waals surface area contributed by atoms with Crippen LogP contribution < -0.4 is 5.32 Å². The Morgan fingerprint density at radius 2 is 2.15 bits per heavy atom. The number of thiophene rings is 1. The lowest BCUT2D eigenvalue weighted by Crippen LogP contribution is -2.18. The number of pyridine rings is 1. The quantitative estimate of drug-likeness (QED) is 0.694. The molecule has 6 heteroatoms. The minimum absolute atomic E-state index is 0.250. The monoisotopic (exact) mass is 366 g/mol. The van der Waals surface area contributed by atoms with E-state index in [0.717, 1.165) is 47.8 Å². The Morgan fingerprint density at radius 3 is 2.92 bits per heavy atom. The van der Waals surface area contributed by atoms with Gasteiger partial charge < -0.3 is 10.4 Å². The Hall–Kier alpha value is -2.05. The Balaban J connectivity index is 1.57. The van der Waals surface area contributed by atoms with Crippen molar-refractivity contribution < 1.29 is 5.11 Å². The number of aliphatic hydroxyl groups is 1. The van der Waals surface area contributed by atoms with Gasteiger partial charge in [-0.25, -0.2) is 9.97 Å².